The molecule has 3 aromatic rings. The van der Waals surface area contributed by atoms with Gasteiger partial charge in [0.15, 0.2) is 36.2 Å². The Morgan fingerprint density at radius 1 is 1.05 bits per heavy atom. The fourth-order valence-corrected chi connectivity index (χ4v) is 7.35. The maximum absolute atomic E-state index is 12.5. The van der Waals surface area contributed by atoms with Crippen LogP contribution in [-0.2, 0) is 32.0 Å². The summed E-state index contributed by atoms with van der Waals surface area (Å²) in [7, 11) is -10.6. The highest BCUT2D eigenvalue weighted by Crippen LogP contribution is 2.60. The summed E-state index contributed by atoms with van der Waals surface area (Å²) < 4.78 is 52.7. The van der Waals surface area contributed by atoms with Gasteiger partial charge in [-0.15, -0.1) is 0 Å². The number of phosphoric ester groups is 2. The predicted octanol–water partition coefficient (Wildman–Crippen LogP) is -1.61. The lowest BCUT2D eigenvalue weighted by atomic mass is 10.1. The number of carbonyl (C=O) groups is 1. The van der Waals surface area contributed by atoms with Crippen molar-refractivity contribution >= 4 is 54.5 Å². The number of imidazole rings is 1. The van der Waals surface area contributed by atoms with E-state index in [2.05, 4.69) is 35.2 Å². The molecule has 0 aliphatic carbocycles. The van der Waals surface area contributed by atoms with Gasteiger partial charge < -0.3 is 46.0 Å². The number of hydrogen-bond acceptors (Lipinski definition) is 15. The molecule has 3 aromatic heterocycles. The van der Waals surface area contributed by atoms with Crippen LogP contribution in [0.1, 0.15) is 22.8 Å². The average molecular weight is 727 g/mol. The van der Waals surface area contributed by atoms with Gasteiger partial charge in [-0.1, -0.05) is 15.9 Å². The van der Waals surface area contributed by atoms with Gasteiger partial charge in [-0.25, -0.2) is 24.1 Å². The van der Waals surface area contributed by atoms with Crippen molar-refractivity contribution in [3.05, 3.63) is 42.7 Å². The number of aromatic nitrogens is 5. The number of nitrogens with two attached hydrogens (primary N) is 2. The molecular weight excluding hydrogens is 700 g/mol. The van der Waals surface area contributed by atoms with Crippen LogP contribution >= 0.6 is 31.6 Å². The van der Waals surface area contributed by atoms with E-state index in [1.807, 2.05) is 0 Å². The molecule has 5 heterocycles. The van der Waals surface area contributed by atoms with E-state index in [-0.39, 0.29) is 16.9 Å². The molecule has 5 rings (SSSR count). The molecule has 1 amide bonds. The second-order valence-electron chi connectivity index (χ2n) is 9.64. The first kappa shape index (κ1) is 32.9. The number of aliphatic hydroxyl groups excluding tert-OH is 3. The molecule has 2 unspecified atom stereocenters. The molecule has 2 fully saturated rings. The first-order valence-electron chi connectivity index (χ1n) is 12.6. The Hall–Kier alpha value is -2.49. The van der Waals surface area contributed by atoms with Crippen LogP contribution in [0, 0.1) is 0 Å². The summed E-state index contributed by atoms with van der Waals surface area (Å²) in [5.41, 5.74) is 11.7. The van der Waals surface area contributed by atoms with Gasteiger partial charge in [0.2, 0.25) is 0 Å². The Morgan fingerprint density at radius 2 is 1.70 bits per heavy atom. The number of ether oxygens (including phenoxy) is 2. The van der Waals surface area contributed by atoms with Crippen LogP contribution in [0.4, 0.5) is 5.82 Å². The fraction of sp³-hybridized carbons (Fsp3) is 0.476. The molecular formula is C21H27BrN7O13P2+. The van der Waals surface area contributed by atoms with Crippen molar-refractivity contribution in [3.63, 3.8) is 0 Å². The third kappa shape index (κ3) is 6.85. The Labute approximate surface area is 255 Å². The number of carbonyl (C=O) groups excluding carboxylic acids is 1. The SMILES string of the molecule is NC(=O)c1ccc[n+]([C@@H]2O[C@H](COP(=O)(O)OP(=O)(O)OC[C@H]3O[C@@H](n4cnc5c(N)ncnc54)[C@H](Br)[C@@H]3O)[C@@H](O)[C@H]2O)c1. The second kappa shape index (κ2) is 12.7. The number of fused-ring (bicyclic) bond motifs is 1. The predicted molar refractivity (Wildman–Crippen MR) is 146 cm³/mol. The number of aliphatic hydroxyl groups is 3. The smallest absolute Gasteiger partial charge is 0.389 e. The quantitative estimate of drug-likeness (QED) is 0.0664. The van der Waals surface area contributed by atoms with Gasteiger partial charge in [-0.3, -0.25) is 18.4 Å². The summed E-state index contributed by atoms with van der Waals surface area (Å²) in [5.74, 6) is -0.638. The van der Waals surface area contributed by atoms with Gasteiger partial charge in [0.25, 0.3) is 12.1 Å². The van der Waals surface area contributed by atoms with Crippen molar-refractivity contribution in [1.29, 1.82) is 0 Å². The van der Waals surface area contributed by atoms with Crippen LogP contribution in [-0.4, -0.2) is 99.1 Å². The van der Waals surface area contributed by atoms with Crippen LogP contribution in [0.3, 0.4) is 0 Å². The standard InChI is InChI=1S/C21H26BrN7O13P2/c22-12-14(30)10(40-20(12)29-8-27-13-17(23)25-7-26-19(13)29)5-38-43(34,35)42-44(36,37)39-6-11-15(31)16(32)21(41-11)28-3-1-2-9(4-28)18(24)33/h1-4,7-8,10-12,14-16,20-21,30-32H,5-6H2,(H5-,23,24,25,26,33,34,35,36,37)/p+1/t10-,11-,12-,14-,15-,16-,20-,21-/m1/s1. The third-order valence-corrected chi connectivity index (χ3v) is 10.3. The van der Waals surface area contributed by atoms with Crippen LogP contribution in [0.25, 0.3) is 11.2 Å². The molecule has 2 aliphatic rings. The van der Waals surface area contributed by atoms with Crippen LogP contribution in [0.2, 0.25) is 0 Å². The summed E-state index contributed by atoms with van der Waals surface area (Å²) in [6, 6.07) is 2.86. The highest BCUT2D eigenvalue weighted by Gasteiger charge is 2.50. The van der Waals surface area contributed by atoms with Gasteiger partial charge in [-0.2, -0.15) is 8.88 Å². The Balaban J connectivity index is 1.16. The summed E-state index contributed by atoms with van der Waals surface area (Å²) in [4.78, 5) is 42.9. The van der Waals surface area contributed by atoms with E-state index in [0.29, 0.717) is 5.65 Å². The summed E-state index contributed by atoms with van der Waals surface area (Å²) in [5, 5.41) is 31.4. The minimum atomic E-state index is -5.33. The lowest BCUT2D eigenvalue weighted by Gasteiger charge is -2.20. The van der Waals surface area contributed by atoms with Crippen molar-refractivity contribution in [2.75, 3.05) is 18.9 Å². The minimum absolute atomic E-state index is 0.0807. The summed E-state index contributed by atoms with van der Waals surface area (Å²) in [6.45, 7) is -1.64. The van der Waals surface area contributed by atoms with Gasteiger partial charge in [0, 0.05) is 6.07 Å². The number of nitrogen functional groups attached to an aromatic ring is 1. The van der Waals surface area contributed by atoms with E-state index in [9.17, 15) is 39.0 Å². The second-order valence-corrected chi connectivity index (χ2v) is 13.7. The van der Waals surface area contributed by atoms with Crippen LogP contribution in [0.15, 0.2) is 37.2 Å². The van der Waals surface area contributed by atoms with E-state index in [1.54, 1.807) is 0 Å². The molecule has 0 radical (unpaired) electrons. The maximum atomic E-state index is 12.5. The first-order valence-corrected chi connectivity index (χ1v) is 16.5. The number of phosphoric acid groups is 2. The van der Waals surface area contributed by atoms with Gasteiger partial charge >= 0.3 is 15.6 Å². The van der Waals surface area contributed by atoms with Crippen molar-refractivity contribution in [2.45, 2.75) is 47.8 Å². The van der Waals surface area contributed by atoms with Crippen LogP contribution in [0.5, 0.6) is 0 Å². The number of primary amides is 1. The molecule has 23 heteroatoms. The number of amides is 1. The zero-order valence-corrected chi connectivity index (χ0v) is 25.5. The zero-order chi connectivity index (χ0) is 32.0. The number of hydrogen-bond donors (Lipinski definition) is 7. The maximum Gasteiger partial charge on any atom is 0.481 e. The normalized spacial score (nSPS) is 31.6. The Bertz CT molecular complexity index is 1630. The molecule has 0 spiro atoms. The van der Waals surface area contributed by atoms with Crippen molar-refractivity contribution in [3.8, 4) is 0 Å². The number of nitrogens with zero attached hydrogens (tertiary/aromatic N) is 5. The molecule has 0 aromatic carbocycles. The lowest BCUT2D eigenvalue weighted by Crippen LogP contribution is -2.46. The molecule has 9 N–H and O–H groups in total. The summed E-state index contributed by atoms with van der Waals surface area (Å²) in [6.07, 6.45) is -4.04. The van der Waals surface area contributed by atoms with Crippen molar-refractivity contribution < 1.29 is 66.4 Å². The van der Waals surface area contributed by atoms with Gasteiger partial charge in [-0.05, 0) is 6.07 Å². The molecule has 0 bridgehead atoms. The molecule has 20 nitrogen and oxygen atoms in total. The van der Waals surface area contributed by atoms with Crippen molar-refractivity contribution in [2.24, 2.45) is 5.73 Å². The Morgan fingerprint density at radius 3 is 2.36 bits per heavy atom. The molecule has 2 saturated heterocycles. The highest BCUT2D eigenvalue weighted by atomic mass is 79.9. The highest BCUT2D eigenvalue weighted by molar-refractivity contribution is 9.09. The zero-order valence-electron chi connectivity index (χ0n) is 22.2. The monoisotopic (exact) mass is 726 g/mol. The van der Waals surface area contributed by atoms with E-state index in [0.717, 1.165) is 0 Å². The number of rotatable bonds is 11. The molecule has 10 atom stereocenters. The Kier molecular flexibility index (Phi) is 9.51. The van der Waals surface area contributed by atoms with Crippen molar-refractivity contribution in [1.82, 2.24) is 19.5 Å². The molecule has 0 saturated carbocycles. The topological polar surface area (TPSA) is 298 Å². The van der Waals surface area contributed by atoms with Gasteiger partial charge in [0.05, 0.1) is 30.5 Å². The average Bonchev–Trinajstić information content (AvgIpc) is 3.61. The van der Waals surface area contributed by atoms with E-state index in [4.69, 9.17) is 30.0 Å². The third-order valence-electron chi connectivity index (χ3n) is 6.70. The van der Waals surface area contributed by atoms with E-state index in [1.165, 1.54) is 46.3 Å². The fourth-order valence-electron chi connectivity index (χ4n) is 4.54. The van der Waals surface area contributed by atoms with Crippen LogP contribution < -0.4 is 16.0 Å². The number of halogens is 1. The summed E-state index contributed by atoms with van der Waals surface area (Å²) >= 11 is 3.30. The van der Waals surface area contributed by atoms with E-state index >= 15 is 0 Å². The van der Waals surface area contributed by atoms with E-state index < -0.39 is 82.6 Å². The number of pyridine rings is 1. The number of anilines is 1. The minimum Gasteiger partial charge on any atom is -0.389 e. The molecule has 44 heavy (non-hydrogen) atoms. The lowest BCUT2D eigenvalue weighted by molar-refractivity contribution is -0.765. The molecule has 2 aliphatic heterocycles. The molecule has 240 valence electrons. The largest absolute Gasteiger partial charge is 0.481 e. The van der Waals surface area contributed by atoms with Gasteiger partial charge in [0.1, 0.15) is 35.7 Å². The first-order chi connectivity index (χ1) is 20.7. The number of alkyl halides is 1.